The molecule has 1 fully saturated rings. The van der Waals surface area contributed by atoms with Gasteiger partial charge in [0, 0.05) is 0 Å². The highest BCUT2D eigenvalue weighted by molar-refractivity contribution is 5.52. The van der Waals surface area contributed by atoms with Crippen molar-refractivity contribution < 1.29 is 22.3 Å². The van der Waals surface area contributed by atoms with Crippen LogP contribution in [0.15, 0.2) is 6.58 Å². The highest BCUT2D eigenvalue weighted by Crippen LogP contribution is 2.38. The van der Waals surface area contributed by atoms with Gasteiger partial charge in [-0.05, 0) is 32.6 Å². The Morgan fingerprint density at radius 3 is 1.89 bits per heavy atom. The number of ether oxygens (including phenoxy) is 1. The van der Waals surface area contributed by atoms with Crippen LogP contribution >= 0.6 is 0 Å². The SMILES string of the molecule is C=Cc1c(F)c(F)c(OC2(C)CCCC2)c(F)c1F. The summed E-state index contributed by atoms with van der Waals surface area (Å²) in [5.74, 6) is -6.97. The van der Waals surface area contributed by atoms with E-state index in [4.69, 9.17) is 4.74 Å². The molecule has 0 saturated heterocycles. The van der Waals surface area contributed by atoms with Crippen molar-refractivity contribution in [1.29, 1.82) is 0 Å². The quantitative estimate of drug-likeness (QED) is 0.578. The van der Waals surface area contributed by atoms with Crippen molar-refractivity contribution in [3.63, 3.8) is 0 Å². The summed E-state index contributed by atoms with van der Waals surface area (Å²) in [5, 5.41) is 0. The molecule has 5 heteroatoms. The average molecular weight is 274 g/mol. The van der Waals surface area contributed by atoms with Crippen molar-refractivity contribution in [1.82, 2.24) is 0 Å². The Morgan fingerprint density at radius 2 is 1.47 bits per heavy atom. The summed E-state index contributed by atoms with van der Waals surface area (Å²) < 4.78 is 59.9. The molecule has 0 N–H and O–H groups in total. The summed E-state index contributed by atoms with van der Waals surface area (Å²) in [5.41, 5.74) is -1.60. The van der Waals surface area contributed by atoms with E-state index in [1.165, 1.54) is 0 Å². The van der Waals surface area contributed by atoms with Gasteiger partial charge in [-0.1, -0.05) is 12.7 Å². The van der Waals surface area contributed by atoms with Crippen molar-refractivity contribution in [2.24, 2.45) is 0 Å². The molecule has 19 heavy (non-hydrogen) atoms. The standard InChI is InChI=1S/C14H14F4O/c1-3-8-9(15)11(17)13(12(18)10(8)16)19-14(2)6-4-5-7-14/h3H,1,4-7H2,2H3. The van der Waals surface area contributed by atoms with Gasteiger partial charge in [-0.25, -0.2) is 8.78 Å². The molecule has 1 aliphatic carbocycles. The molecule has 0 aromatic heterocycles. The minimum Gasteiger partial charge on any atom is -0.481 e. The molecule has 0 heterocycles. The zero-order chi connectivity index (χ0) is 14.2. The fourth-order valence-electron chi connectivity index (χ4n) is 2.37. The maximum absolute atomic E-state index is 13.8. The van der Waals surface area contributed by atoms with Crippen LogP contribution in [0.5, 0.6) is 5.75 Å². The van der Waals surface area contributed by atoms with Crippen LogP contribution in [0.3, 0.4) is 0 Å². The van der Waals surface area contributed by atoms with Gasteiger partial charge in [0.2, 0.25) is 11.6 Å². The number of hydrogen-bond donors (Lipinski definition) is 0. The van der Waals surface area contributed by atoms with Crippen LogP contribution in [-0.2, 0) is 0 Å². The normalized spacial score (nSPS) is 17.5. The Balaban J connectivity index is 2.49. The van der Waals surface area contributed by atoms with Crippen LogP contribution in [0, 0.1) is 23.3 Å². The van der Waals surface area contributed by atoms with Gasteiger partial charge in [-0.15, -0.1) is 0 Å². The molecule has 0 atom stereocenters. The smallest absolute Gasteiger partial charge is 0.204 e. The molecule has 0 bridgehead atoms. The lowest BCUT2D eigenvalue weighted by atomic mass is 10.1. The first-order valence-electron chi connectivity index (χ1n) is 6.07. The lowest BCUT2D eigenvalue weighted by Gasteiger charge is -2.26. The second-order valence-electron chi connectivity index (χ2n) is 4.96. The van der Waals surface area contributed by atoms with Crippen LogP contribution in [0.2, 0.25) is 0 Å². The monoisotopic (exact) mass is 274 g/mol. The fraction of sp³-hybridized carbons (Fsp3) is 0.429. The summed E-state index contributed by atoms with van der Waals surface area (Å²) in [7, 11) is 0. The van der Waals surface area contributed by atoms with Crippen molar-refractivity contribution >= 4 is 6.08 Å². The minimum absolute atomic E-state index is 0.596. The van der Waals surface area contributed by atoms with E-state index in [0.717, 1.165) is 18.9 Å². The number of hydrogen-bond acceptors (Lipinski definition) is 1. The average Bonchev–Trinajstić information content (AvgIpc) is 2.80. The summed E-state index contributed by atoms with van der Waals surface area (Å²) in [6.45, 7) is 4.80. The van der Waals surface area contributed by atoms with E-state index in [1.54, 1.807) is 6.92 Å². The maximum atomic E-state index is 13.8. The van der Waals surface area contributed by atoms with Gasteiger partial charge in [-0.3, -0.25) is 0 Å². The first-order chi connectivity index (χ1) is 8.89. The first kappa shape index (κ1) is 13.9. The summed E-state index contributed by atoms with van der Waals surface area (Å²) in [4.78, 5) is 0. The van der Waals surface area contributed by atoms with Gasteiger partial charge in [0.05, 0.1) is 5.56 Å². The van der Waals surface area contributed by atoms with Crippen LogP contribution in [0.4, 0.5) is 17.6 Å². The molecule has 104 valence electrons. The van der Waals surface area contributed by atoms with Crippen molar-refractivity contribution in [3.05, 3.63) is 35.4 Å². The third kappa shape index (κ3) is 2.33. The van der Waals surface area contributed by atoms with Gasteiger partial charge < -0.3 is 4.74 Å². The second-order valence-corrected chi connectivity index (χ2v) is 4.96. The number of benzene rings is 1. The summed E-state index contributed by atoms with van der Waals surface area (Å²) >= 11 is 0. The van der Waals surface area contributed by atoms with Crippen LogP contribution in [-0.4, -0.2) is 5.60 Å². The molecule has 0 aliphatic heterocycles. The molecule has 0 amide bonds. The first-order valence-corrected chi connectivity index (χ1v) is 6.07. The number of rotatable bonds is 3. The fourth-order valence-corrected chi connectivity index (χ4v) is 2.37. The molecule has 0 unspecified atom stereocenters. The van der Waals surface area contributed by atoms with Crippen LogP contribution in [0.1, 0.15) is 38.2 Å². The second kappa shape index (κ2) is 4.87. The Morgan fingerprint density at radius 1 is 1.00 bits per heavy atom. The summed E-state index contributed by atoms with van der Waals surface area (Å²) in [6, 6.07) is 0. The molecule has 1 nitrogen and oxygen atoms in total. The van der Waals surface area contributed by atoms with Gasteiger partial charge in [0.1, 0.15) is 5.60 Å². The lowest BCUT2D eigenvalue weighted by molar-refractivity contribution is 0.0831. The Bertz CT molecular complexity index is 490. The zero-order valence-electron chi connectivity index (χ0n) is 10.5. The molecule has 1 aliphatic rings. The predicted octanol–water partition coefficient (Wildman–Crippen LogP) is 4.60. The molecular weight excluding hydrogens is 260 g/mol. The Hall–Kier alpha value is -1.52. The van der Waals surface area contributed by atoms with Crippen molar-refractivity contribution in [3.8, 4) is 5.75 Å². The van der Waals surface area contributed by atoms with Crippen LogP contribution in [0.25, 0.3) is 6.08 Å². The molecular formula is C14H14F4O. The zero-order valence-corrected chi connectivity index (χ0v) is 10.5. The maximum Gasteiger partial charge on any atom is 0.204 e. The molecule has 2 rings (SSSR count). The lowest BCUT2D eigenvalue weighted by Crippen LogP contribution is -2.29. The van der Waals surface area contributed by atoms with E-state index in [2.05, 4.69) is 6.58 Å². The van der Waals surface area contributed by atoms with E-state index in [0.29, 0.717) is 12.8 Å². The van der Waals surface area contributed by atoms with E-state index < -0.39 is 40.2 Å². The van der Waals surface area contributed by atoms with Crippen molar-refractivity contribution in [2.45, 2.75) is 38.2 Å². The van der Waals surface area contributed by atoms with Crippen LogP contribution < -0.4 is 4.74 Å². The van der Waals surface area contributed by atoms with E-state index in [9.17, 15) is 17.6 Å². The van der Waals surface area contributed by atoms with Crippen molar-refractivity contribution in [2.75, 3.05) is 0 Å². The highest BCUT2D eigenvalue weighted by Gasteiger charge is 2.35. The van der Waals surface area contributed by atoms with Gasteiger partial charge >= 0.3 is 0 Å². The molecule has 1 aromatic rings. The predicted molar refractivity (Wildman–Crippen MR) is 63.9 cm³/mol. The largest absolute Gasteiger partial charge is 0.481 e. The molecule has 0 spiro atoms. The van der Waals surface area contributed by atoms with E-state index >= 15 is 0 Å². The van der Waals surface area contributed by atoms with Gasteiger partial charge in [0.25, 0.3) is 0 Å². The third-order valence-electron chi connectivity index (χ3n) is 3.47. The minimum atomic E-state index is -1.51. The Kier molecular flexibility index (Phi) is 3.56. The van der Waals surface area contributed by atoms with Gasteiger partial charge in [0.15, 0.2) is 17.4 Å². The number of halogens is 4. The van der Waals surface area contributed by atoms with Gasteiger partial charge in [-0.2, -0.15) is 8.78 Å². The topological polar surface area (TPSA) is 9.23 Å². The van der Waals surface area contributed by atoms with E-state index in [-0.39, 0.29) is 0 Å². The van der Waals surface area contributed by atoms with E-state index in [1.807, 2.05) is 0 Å². The molecule has 1 saturated carbocycles. The molecule has 1 aromatic carbocycles. The Labute approximate surface area is 108 Å². The third-order valence-corrected chi connectivity index (χ3v) is 3.47. The highest BCUT2D eigenvalue weighted by atomic mass is 19.2. The molecule has 0 radical (unpaired) electrons. The summed E-state index contributed by atoms with van der Waals surface area (Å²) in [6.07, 6.45) is 3.64.